The predicted octanol–water partition coefficient (Wildman–Crippen LogP) is 3.24. The molecule has 25 heavy (non-hydrogen) atoms. The maximum absolute atomic E-state index is 12.6. The van der Waals surface area contributed by atoms with Gasteiger partial charge in [-0.3, -0.25) is 14.2 Å². The van der Waals surface area contributed by atoms with E-state index in [9.17, 15) is 4.79 Å². The first kappa shape index (κ1) is 15.5. The Morgan fingerprint density at radius 3 is 2.64 bits per heavy atom. The zero-order valence-corrected chi connectivity index (χ0v) is 14.2. The number of benzene rings is 1. The number of hydrogen-bond acceptors (Lipinski definition) is 4. The fourth-order valence-corrected chi connectivity index (χ4v) is 3.52. The topological polar surface area (TPSA) is 59.3 Å². The summed E-state index contributed by atoms with van der Waals surface area (Å²) >= 11 is 1.56. The quantitative estimate of drug-likeness (QED) is 0.602. The van der Waals surface area contributed by atoms with E-state index in [1.807, 2.05) is 64.6 Å². The van der Waals surface area contributed by atoms with E-state index < -0.39 is 0 Å². The van der Waals surface area contributed by atoms with Gasteiger partial charge in [-0.15, -0.1) is 11.3 Å². The Labute approximate surface area is 149 Å². The van der Waals surface area contributed by atoms with Crippen LogP contribution in [0.1, 0.15) is 22.9 Å². The molecule has 0 saturated carbocycles. The van der Waals surface area contributed by atoms with Crippen molar-refractivity contribution in [1.82, 2.24) is 19.7 Å². The average molecular weight is 348 g/mol. The molecule has 0 spiro atoms. The van der Waals surface area contributed by atoms with Crippen molar-refractivity contribution < 1.29 is 4.79 Å². The van der Waals surface area contributed by atoms with Gasteiger partial charge in [0, 0.05) is 30.2 Å². The van der Waals surface area contributed by atoms with Crippen molar-refractivity contribution in [2.45, 2.75) is 12.5 Å². The summed E-state index contributed by atoms with van der Waals surface area (Å²) in [6.07, 6.45) is 7.57. The van der Waals surface area contributed by atoms with Crippen LogP contribution in [0.25, 0.3) is 4.96 Å². The van der Waals surface area contributed by atoms with Crippen molar-refractivity contribution in [3.8, 4) is 0 Å². The first-order chi connectivity index (χ1) is 12.3. The minimum atomic E-state index is -0.208. The molecule has 0 aliphatic rings. The summed E-state index contributed by atoms with van der Waals surface area (Å²) < 4.78 is 1.94. The highest BCUT2D eigenvalue weighted by molar-refractivity contribution is 7.15. The summed E-state index contributed by atoms with van der Waals surface area (Å²) in [5.41, 5.74) is 2.80. The molecule has 0 radical (unpaired) electrons. The Kier molecular flexibility index (Phi) is 4.26. The zero-order valence-electron chi connectivity index (χ0n) is 13.4. The molecule has 0 fully saturated rings. The van der Waals surface area contributed by atoms with Crippen LogP contribution in [0.15, 0.2) is 72.6 Å². The normalized spacial score (nSPS) is 12.2. The predicted molar refractivity (Wildman–Crippen MR) is 97.4 cm³/mol. The van der Waals surface area contributed by atoms with Crippen LogP contribution in [0.2, 0.25) is 0 Å². The highest BCUT2D eigenvalue weighted by Crippen LogP contribution is 2.21. The largest absolute Gasteiger partial charge is 0.345 e. The van der Waals surface area contributed by atoms with Crippen molar-refractivity contribution in [2.75, 3.05) is 0 Å². The van der Waals surface area contributed by atoms with E-state index >= 15 is 0 Å². The second-order valence-corrected chi connectivity index (χ2v) is 6.57. The second kappa shape index (κ2) is 6.86. The molecule has 6 heteroatoms. The molecule has 5 nitrogen and oxygen atoms in total. The number of fused-ring (bicyclic) bond motifs is 1. The number of imidazole rings is 1. The van der Waals surface area contributed by atoms with Crippen LogP contribution < -0.4 is 5.32 Å². The van der Waals surface area contributed by atoms with Gasteiger partial charge < -0.3 is 5.32 Å². The Morgan fingerprint density at radius 2 is 1.88 bits per heavy atom. The van der Waals surface area contributed by atoms with Crippen LogP contribution in [0, 0.1) is 0 Å². The van der Waals surface area contributed by atoms with E-state index in [0.717, 1.165) is 21.8 Å². The molecule has 0 aliphatic heterocycles. The molecule has 4 rings (SSSR count). The van der Waals surface area contributed by atoms with E-state index in [1.165, 1.54) is 0 Å². The Bertz CT molecular complexity index is 910. The summed E-state index contributed by atoms with van der Waals surface area (Å²) in [7, 11) is 0. The van der Waals surface area contributed by atoms with E-state index in [4.69, 9.17) is 0 Å². The van der Waals surface area contributed by atoms with Gasteiger partial charge in [0.2, 0.25) is 5.91 Å². The number of amides is 1. The van der Waals surface area contributed by atoms with Crippen molar-refractivity contribution in [2.24, 2.45) is 0 Å². The van der Waals surface area contributed by atoms with Crippen LogP contribution in [0.5, 0.6) is 0 Å². The summed E-state index contributed by atoms with van der Waals surface area (Å²) in [5, 5.41) is 5.10. The van der Waals surface area contributed by atoms with Crippen LogP contribution in [0.3, 0.4) is 0 Å². The van der Waals surface area contributed by atoms with Crippen LogP contribution in [-0.4, -0.2) is 20.3 Å². The van der Waals surface area contributed by atoms with E-state index in [0.29, 0.717) is 0 Å². The molecule has 3 aromatic heterocycles. The molecule has 1 atom stereocenters. The number of thiazole rings is 1. The van der Waals surface area contributed by atoms with Crippen molar-refractivity contribution in [3.63, 3.8) is 0 Å². The Balaban J connectivity index is 1.55. The summed E-state index contributed by atoms with van der Waals surface area (Å²) in [5.74, 6) is -0.0589. The summed E-state index contributed by atoms with van der Waals surface area (Å²) in [4.78, 5) is 22.0. The third-order valence-corrected chi connectivity index (χ3v) is 4.73. The third-order valence-electron chi connectivity index (χ3n) is 3.96. The highest BCUT2D eigenvalue weighted by atomic mass is 32.1. The summed E-state index contributed by atoms with van der Waals surface area (Å²) in [6.45, 7) is 0. The zero-order chi connectivity index (χ0) is 17.1. The third kappa shape index (κ3) is 3.44. The van der Waals surface area contributed by atoms with E-state index in [-0.39, 0.29) is 18.4 Å². The van der Waals surface area contributed by atoms with Crippen LogP contribution in [-0.2, 0) is 11.2 Å². The van der Waals surface area contributed by atoms with Gasteiger partial charge in [0.25, 0.3) is 0 Å². The SMILES string of the molecule is O=C(Cc1cn2ccsc2n1)NC(c1ccccc1)c1ccncc1. The molecule has 4 aromatic rings. The second-order valence-electron chi connectivity index (χ2n) is 5.69. The molecule has 3 heterocycles. The maximum Gasteiger partial charge on any atom is 0.226 e. The Hall–Kier alpha value is -2.99. The standard InChI is InChI=1S/C19H16N4OS/c24-17(12-16-13-23-10-11-25-19(23)21-16)22-18(14-4-2-1-3-5-14)15-6-8-20-9-7-15/h1-11,13,18H,12H2,(H,22,24). The van der Waals surface area contributed by atoms with Crippen molar-refractivity contribution in [3.05, 3.63) is 89.5 Å². The number of aromatic nitrogens is 3. The monoisotopic (exact) mass is 348 g/mol. The maximum atomic E-state index is 12.6. The molecule has 1 N–H and O–H groups in total. The lowest BCUT2D eigenvalue weighted by Crippen LogP contribution is -2.30. The highest BCUT2D eigenvalue weighted by Gasteiger charge is 2.17. The van der Waals surface area contributed by atoms with Crippen LogP contribution >= 0.6 is 11.3 Å². The number of pyridine rings is 1. The fraction of sp³-hybridized carbons (Fsp3) is 0.105. The van der Waals surface area contributed by atoms with Crippen molar-refractivity contribution >= 4 is 22.2 Å². The smallest absolute Gasteiger partial charge is 0.226 e. The van der Waals surface area contributed by atoms with Gasteiger partial charge in [-0.1, -0.05) is 30.3 Å². The van der Waals surface area contributed by atoms with E-state index in [2.05, 4.69) is 15.3 Å². The molecule has 1 amide bonds. The average Bonchev–Trinajstić information content (AvgIpc) is 3.23. The Morgan fingerprint density at radius 1 is 1.12 bits per heavy atom. The lowest BCUT2D eigenvalue weighted by Gasteiger charge is -2.19. The van der Waals surface area contributed by atoms with E-state index in [1.54, 1.807) is 23.7 Å². The molecule has 0 saturated heterocycles. The lowest BCUT2D eigenvalue weighted by molar-refractivity contribution is -0.121. The van der Waals surface area contributed by atoms with Gasteiger partial charge in [-0.25, -0.2) is 4.98 Å². The number of carbonyl (C=O) groups is 1. The number of nitrogens with zero attached hydrogens (tertiary/aromatic N) is 3. The van der Waals surface area contributed by atoms with Gasteiger partial charge in [0.05, 0.1) is 18.2 Å². The molecule has 0 bridgehead atoms. The number of rotatable bonds is 5. The minimum Gasteiger partial charge on any atom is -0.345 e. The molecular formula is C19H16N4OS. The minimum absolute atomic E-state index is 0.0589. The number of carbonyl (C=O) groups excluding carboxylic acids is 1. The van der Waals surface area contributed by atoms with Crippen LogP contribution in [0.4, 0.5) is 0 Å². The summed E-state index contributed by atoms with van der Waals surface area (Å²) in [6, 6.07) is 13.6. The number of hydrogen-bond donors (Lipinski definition) is 1. The number of nitrogens with one attached hydrogen (secondary N) is 1. The first-order valence-electron chi connectivity index (χ1n) is 7.95. The van der Waals surface area contributed by atoms with Gasteiger partial charge >= 0.3 is 0 Å². The van der Waals surface area contributed by atoms with Crippen molar-refractivity contribution in [1.29, 1.82) is 0 Å². The molecule has 1 unspecified atom stereocenters. The molecule has 124 valence electrons. The molecule has 1 aromatic carbocycles. The van der Waals surface area contributed by atoms with Gasteiger partial charge in [0.1, 0.15) is 0 Å². The van der Waals surface area contributed by atoms with Gasteiger partial charge in [-0.2, -0.15) is 0 Å². The molecular weight excluding hydrogens is 332 g/mol. The lowest BCUT2D eigenvalue weighted by atomic mass is 9.99. The first-order valence-corrected chi connectivity index (χ1v) is 8.83. The fourth-order valence-electron chi connectivity index (χ4n) is 2.80. The van der Waals surface area contributed by atoms with Gasteiger partial charge in [0.15, 0.2) is 4.96 Å². The van der Waals surface area contributed by atoms with Gasteiger partial charge in [-0.05, 0) is 23.3 Å². The molecule has 0 aliphatic carbocycles.